The molecule has 0 fully saturated rings. The fourth-order valence-corrected chi connectivity index (χ4v) is 2.21. The lowest BCUT2D eigenvalue weighted by atomic mass is 10.1. The first-order chi connectivity index (χ1) is 10.2. The summed E-state index contributed by atoms with van der Waals surface area (Å²) in [6, 6.07) is 1.63. The Kier molecular flexibility index (Phi) is 4.39. The van der Waals surface area contributed by atoms with Gasteiger partial charge in [0.25, 0.3) is 5.72 Å². The second kappa shape index (κ2) is 5.81. The number of hydrogen-bond donors (Lipinski definition) is 1. The summed E-state index contributed by atoms with van der Waals surface area (Å²) in [4.78, 5) is 7.91. The number of nitrogens with zero attached hydrogens (tertiary/aromatic N) is 4. The van der Waals surface area contributed by atoms with Crippen molar-refractivity contribution < 1.29 is 23.0 Å². The lowest BCUT2D eigenvalue weighted by molar-refractivity contribution is -0.254. The van der Waals surface area contributed by atoms with E-state index in [-0.39, 0.29) is 24.7 Å². The molecule has 0 bridgehead atoms. The zero-order chi connectivity index (χ0) is 16.5. The normalized spacial score (nSPS) is 22.1. The Hall–Kier alpha value is -1.74. The van der Waals surface area contributed by atoms with Gasteiger partial charge in [-0.15, -0.1) is 0 Å². The van der Waals surface area contributed by atoms with Crippen molar-refractivity contribution in [2.24, 2.45) is 5.10 Å². The van der Waals surface area contributed by atoms with Crippen molar-refractivity contribution >= 4 is 11.7 Å². The van der Waals surface area contributed by atoms with Gasteiger partial charge in [-0.3, -0.25) is 0 Å². The number of hydrogen-bond acceptors (Lipinski definition) is 6. The minimum atomic E-state index is -4.90. The van der Waals surface area contributed by atoms with Gasteiger partial charge < -0.3 is 9.84 Å². The third-order valence-corrected chi connectivity index (χ3v) is 3.25. The van der Waals surface area contributed by atoms with Gasteiger partial charge in [0.1, 0.15) is 0 Å². The quantitative estimate of drug-likeness (QED) is 0.919. The highest BCUT2D eigenvalue weighted by Gasteiger charge is 2.62. The van der Waals surface area contributed by atoms with Crippen molar-refractivity contribution in [3.63, 3.8) is 0 Å². The number of aromatic nitrogens is 2. The lowest BCUT2D eigenvalue weighted by Crippen LogP contribution is -2.55. The van der Waals surface area contributed by atoms with Gasteiger partial charge >= 0.3 is 6.18 Å². The summed E-state index contributed by atoms with van der Waals surface area (Å²) in [6.45, 7) is 3.49. The van der Waals surface area contributed by atoms with Crippen LogP contribution in [0, 0.1) is 13.8 Å². The van der Waals surface area contributed by atoms with E-state index < -0.39 is 18.3 Å². The van der Waals surface area contributed by atoms with Crippen LogP contribution in [0.2, 0.25) is 0 Å². The Morgan fingerprint density at radius 1 is 1.32 bits per heavy atom. The Bertz CT molecular complexity index is 571. The van der Waals surface area contributed by atoms with Gasteiger partial charge in [-0.05, 0) is 19.9 Å². The van der Waals surface area contributed by atoms with Gasteiger partial charge in [0.15, 0.2) is 0 Å². The average molecular weight is 318 g/mol. The van der Waals surface area contributed by atoms with Crippen molar-refractivity contribution in [2.45, 2.75) is 38.6 Å². The first-order valence-corrected chi connectivity index (χ1v) is 6.64. The fourth-order valence-electron chi connectivity index (χ4n) is 2.21. The van der Waals surface area contributed by atoms with E-state index in [0.717, 1.165) is 0 Å². The molecule has 1 atom stereocenters. The first-order valence-electron chi connectivity index (χ1n) is 6.64. The summed E-state index contributed by atoms with van der Waals surface area (Å²) in [6.07, 6.45) is -5.36. The van der Waals surface area contributed by atoms with Crippen LogP contribution in [-0.4, -0.2) is 46.4 Å². The van der Waals surface area contributed by atoms with Gasteiger partial charge in [0.05, 0.1) is 6.61 Å². The molecule has 0 aromatic carbocycles. The van der Waals surface area contributed by atoms with E-state index >= 15 is 0 Å². The highest BCUT2D eigenvalue weighted by Crippen LogP contribution is 2.42. The van der Waals surface area contributed by atoms with Gasteiger partial charge in [-0.1, -0.05) is 0 Å². The molecule has 1 N–H and O–H groups in total. The molecular formula is C13H17F3N4O2. The van der Waals surface area contributed by atoms with Crippen molar-refractivity contribution in [1.29, 1.82) is 0 Å². The van der Waals surface area contributed by atoms with Gasteiger partial charge in [-0.2, -0.15) is 23.3 Å². The molecule has 0 saturated carbocycles. The van der Waals surface area contributed by atoms with Crippen LogP contribution < -0.4 is 5.01 Å². The monoisotopic (exact) mass is 318 g/mol. The molecule has 2 heterocycles. The Labute approximate surface area is 125 Å². The molecule has 1 aliphatic heterocycles. The van der Waals surface area contributed by atoms with Crippen molar-refractivity contribution in [3.8, 4) is 0 Å². The number of aryl methyl sites for hydroxylation is 2. The predicted octanol–water partition coefficient (Wildman–Crippen LogP) is 1.95. The molecule has 1 aromatic heterocycles. The zero-order valence-electron chi connectivity index (χ0n) is 12.5. The van der Waals surface area contributed by atoms with Crippen LogP contribution in [-0.2, 0) is 4.74 Å². The van der Waals surface area contributed by atoms with E-state index in [0.29, 0.717) is 16.4 Å². The standard InChI is InChI=1S/C13H17F3N4O2/c1-8-6-9(2)18-11(17-8)20-12(21,13(14,15)16)7-10(19-20)4-5-22-3/h6,21H,4-5,7H2,1-3H3. The van der Waals surface area contributed by atoms with E-state index in [2.05, 4.69) is 15.1 Å². The van der Waals surface area contributed by atoms with Crippen LogP contribution in [0.1, 0.15) is 24.2 Å². The number of methoxy groups -OCH3 is 1. The highest BCUT2D eigenvalue weighted by atomic mass is 19.4. The molecule has 0 spiro atoms. The maximum atomic E-state index is 13.3. The molecule has 0 amide bonds. The minimum absolute atomic E-state index is 0.185. The van der Waals surface area contributed by atoms with E-state index in [1.165, 1.54) is 7.11 Å². The summed E-state index contributed by atoms with van der Waals surface area (Å²) in [5, 5.41) is 14.5. The topological polar surface area (TPSA) is 70.8 Å². The average Bonchev–Trinajstić information content (AvgIpc) is 2.73. The molecule has 1 aromatic rings. The van der Waals surface area contributed by atoms with E-state index in [1.807, 2.05) is 0 Å². The maximum Gasteiger partial charge on any atom is 0.438 e. The van der Waals surface area contributed by atoms with Crippen molar-refractivity contribution in [3.05, 3.63) is 17.5 Å². The van der Waals surface area contributed by atoms with Crippen LogP contribution in [0.4, 0.5) is 19.1 Å². The summed E-state index contributed by atoms with van der Waals surface area (Å²) < 4.78 is 44.8. The molecule has 9 heteroatoms. The number of halogens is 3. The van der Waals surface area contributed by atoms with Crippen LogP contribution in [0.15, 0.2) is 11.2 Å². The number of anilines is 1. The largest absolute Gasteiger partial charge is 0.438 e. The number of rotatable bonds is 4. The molecular weight excluding hydrogens is 301 g/mol. The zero-order valence-corrected chi connectivity index (χ0v) is 12.5. The number of ether oxygens (including phenoxy) is 1. The molecule has 0 radical (unpaired) electrons. The van der Waals surface area contributed by atoms with Gasteiger partial charge in [0.2, 0.25) is 5.95 Å². The smallest absolute Gasteiger partial charge is 0.384 e. The summed E-state index contributed by atoms with van der Waals surface area (Å²) >= 11 is 0. The second-order valence-corrected chi connectivity index (χ2v) is 5.16. The molecule has 0 saturated heterocycles. The third-order valence-electron chi connectivity index (χ3n) is 3.25. The van der Waals surface area contributed by atoms with E-state index in [4.69, 9.17) is 4.74 Å². The predicted molar refractivity (Wildman–Crippen MR) is 73.5 cm³/mol. The summed E-state index contributed by atoms with van der Waals surface area (Å²) in [7, 11) is 1.44. The Morgan fingerprint density at radius 2 is 1.91 bits per heavy atom. The summed E-state index contributed by atoms with van der Waals surface area (Å²) in [5.74, 6) is -0.273. The van der Waals surface area contributed by atoms with Crippen LogP contribution in [0.5, 0.6) is 0 Å². The fraction of sp³-hybridized carbons (Fsp3) is 0.615. The SMILES string of the molecule is COCCC1=NN(c2nc(C)cc(C)n2)C(O)(C(F)(F)F)C1. The molecule has 1 aliphatic rings. The molecule has 6 nitrogen and oxygen atoms in total. The Balaban J connectivity index is 2.44. The number of hydrazone groups is 1. The Morgan fingerprint density at radius 3 is 2.41 bits per heavy atom. The molecule has 122 valence electrons. The molecule has 1 unspecified atom stereocenters. The van der Waals surface area contributed by atoms with Crippen molar-refractivity contribution in [2.75, 3.05) is 18.7 Å². The first kappa shape index (κ1) is 16.6. The summed E-state index contributed by atoms with van der Waals surface area (Å²) in [5.41, 5.74) is -1.97. The maximum absolute atomic E-state index is 13.3. The molecule has 0 aliphatic carbocycles. The van der Waals surface area contributed by atoms with Gasteiger partial charge in [-0.25, -0.2) is 9.97 Å². The second-order valence-electron chi connectivity index (χ2n) is 5.16. The van der Waals surface area contributed by atoms with Gasteiger partial charge in [0, 0.05) is 37.1 Å². The van der Waals surface area contributed by atoms with E-state index in [9.17, 15) is 18.3 Å². The van der Waals surface area contributed by atoms with Crippen LogP contribution >= 0.6 is 0 Å². The number of aliphatic hydroxyl groups is 1. The van der Waals surface area contributed by atoms with Crippen LogP contribution in [0.3, 0.4) is 0 Å². The van der Waals surface area contributed by atoms with E-state index in [1.54, 1.807) is 19.9 Å². The van der Waals surface area contributed by atoms with Crippen molar-refractivity contribution in [1.82, 2.24) is 9.97 Å². The highest BCUT2D eigenvalue weighted by molar-refractivity contribution is 5.89. The number of alkyl halides is 3. The molecule has 2 rings (SSSR count). The molecule has 22 heavy (non-hydrogen) atoms. The lowest BCUT2D eigenvalue weighted by Gasteiger charge is -2.32. The third kappa shape index (κ3) is 3.05. The van der Waals surface area contributed by atoms with Crippen LogP contribution in [0.25, 0.3) is 0 Å². The minimum Gasteiger partial charge on any atom is -0.384 e.